The highest BCUT2D eigenvalue weighted by molar-refractivity contribution is 5.35. The maximum atomic E-state index is 14.2. The molecule has 2 nitrogen and oxygen atoms in total. The molecule has 0 bridgehead atoms. The topological polar surface area (TPSA) is 18.5 Å². The maximum absolute atomic E-state index is 14.2. The maximum Gasteiger partial charge on any atom is 0.204 e. The van der Waals surface area contributed by atoms with Crippen molar-refractivity contribution in [2.75, 3.05) is 13.2 Å². The zero-order valence-corrected chi connectivity index (χ0v) is 18.3. The number of ether oxygens (including phenoxy) is 2. The Balaban J connectivity index is 2.42. The number of hydrogen-bond acceptors (Lipinski definition) is 2. The van der Waals surface area contributed by atoms with E-state index >= 15 is 0 Å². The summed E-state index contributed by atoms with van der Waals surface area (Å²) in [4.78, 5) is 0. The molecule has 0 saturated heterocycles. The van der Waals surface area contributed by atoms with Gasteiger partial charge in [0.25, 0.3) is 0 Å². The summed E-state index contributed by atoms with van der Waals surface area (Å²) >= 11 is 0. The lowest BCUT2D eigenvalue weighted by Crippen LogP contribution is -2.14. The van der Waals surface area contributed by atoms with Crippen LogP contribution in [-0.2, 0) is 0 Å². The number of halogens is 2. The van der Waals surface area contributed by atoms with Gasteiger partial charge in [0.2, 0.25) is 11.6 Å². The molecule has 0 aliphatic rings. The van der Waals surface area contributed by atoms with Crippen LogP contribution in [0.15, 0.2) is 24.8 Å². The fourth-order valence-corrected chi connectivity index (χ4v) is 3.02. The third-order valence-electron chi connectivity index (χ3n) is 5.56. The summed E-state index contributed by atoms with van der Waals surface area (Å²) in [7, 11) is 0. The van der Waals surface area contributed by atoms with Gasteiger partial charge in [-0.3, -0.25) is 0 Å². The summed E-state index contributed by atoms with van der Waals surface area (Å²) in [5.74, 6) is 0.0768. The van der Waals surface area contributed by atoms with E-state index in [1.165, 1.54) is 25.0 Å². The van der Waals surface area contributed by atoms with Crippen molar-refractivity contribution in [3.63, 3.8) is 0 Å². The molecule has 0 amide bonds. The summed E-state index contributed by atoms with van der Waals surface area (Å²) in [6.45, 7) is 15.4. The van der Waals surface area contributed by atoms with Gasteiger partial charge in [0.1, 0.15) is 0 Å². The van der Waals surface area contributed by atoms with Crippen molar-refractivity contribution in [1.82, 2.24) is 0 Å². The number of hydrogen-bond donors (Lipinski definition) is 0. The van der Waals surface area contributed by atoms with Crippen LogP contribution in [0.4, 0.5) is 8.78 Å². The second-order valence-corrected chi connectivity index (χ2v) is 8.28. The van der Waals surface area contributed by atoms with Gasteiger partial charge in [0.05, 0.1) is 13.2 Å². The Bertz CT molecular complexity index is 588. The van der Waals surface area contributed by atoms with Crippen LogP contribution in [0.25, 0.3) is 0 Å². The highest BCUT2D eigenvalue weighted by Crippen LogP contribution is 2.29. The molecule has 4 unspecified atom stereocenters. The Hall–Kier alpha value is -1.58. The molecule has 0 aromatic heterocycles. The Labute approximate surface area is 170 Å². The molecule has 0 N–H and O–H groups in total. The molecule has 28 heavy (non-hydrogen) atoms. The summed E-state index contributed by atoms with van der Waals surface area (Å²) in [6.07, 6.45) is 7.24. The number of rotatable bonds is 14. The Kier molecular flexibility index (Phi) is 11.2. The molecule has 160 valence electrons. The molecular formula is C24H38F2O2. The number of benzene rings is 1. The minimum atomic E-state index is -0.977. The minimum absolute atomic E-state index is 0.0481. The first-order chi connectivity index (χ1) is 13.3. The standard InChI is InChI=1S/C24H38F2O2/c1-7-15-27-21-13-14-22(24(26)23(21)25)28-16-18(4)10-12-20(6)19(5)11-9-17(3)8-2/h8,13-14,17-20H,2,7,9-12,15-16H2,1,3-6H3. The van der Waals surface area contributed by atoms with Crippen molar-refractivity contribution in [2.24, 2.45) is 23.7 Å². The largest absolute Gasteiger partial charge is 0.490 e. The van der Waals surface area contributed by atoms with E-state index in [0.29, 0.717) is 31.0 Å². The number of allylic oxidation sites excluding steroid dienone is 1. The first-order valence-corrected chi connectivity index (χ1v) is 10.7. The Morgan fingerprint density at radius 2 is 1.43 bits per heavy atom. The quantitative estimate of drug-likeness (QED) is 0.305. The lowest BCUT2D eigenvalue weighted by molar-refractivity contribution is 0.220. The van der Waals surface area contributed by atoms with Gasteiger partial charge in [-0.05, 0) is 61.5 Å². The molecule has 0 aliphatic heterocycles. The van der Waals surface area contributed by atoms with Crippen LogP contribution < -0.4 is 9.47 Å². The van der Waals surface area contributed by atoms with E-state index in [-0.39, 0.29) is 17.4 Å². The van der Waals surface area contributed by atoms with Gasteiger partial charge < -0.3 is 9.47 Å². The molecule has 1 aromatic carbocycles. The van der Waals surface area contributed by atoms with Gasteiger partial charge in [0, 0.05) is 0 Å². The van der Waals surface area contributed by atoms with Crippen molar-refractivity contribution in [1.29, 1.82) is 0 Å². The van der Waals surface area contributed by atoms with E-state index in [0.717, 1.165) is 19.3 Å². The van der Waals surface area contributed by atoms with Gasteiger partial charge in [-0.1, -0.05) is 47.1 Å². The second-order valence-electron chi connectivity index (χ2n) is 8.28. The van der Waals surface area contributed by atoms with Gasteiger partial charge in [0.15, 0.2) is 11.5 Å². The van der Waals surface area contributed by atoms with Crippen LogP contribution in [0, 0.1) is 35.3 Å². The SMILES string of the molecule is C=CC(C)CCC(C)C(C)CCC(C)COc1ccc(OCCC)c(F)c1F. The van der Waals surface area contributed by atoms with E-state index in [4.69, 9.17) is 9.47 Å². The van der Waals surface area contributed by atoms with E-state index in [1.54, 1.807) is 0 Å². The van der Waals surface area contributed by atoms with E-state index in [1.807, 2.05) is 13.0 Å². The van der Waals surface area contributed by atoms with Crippen LogP contribution in [-0.4, -0.2) is 13.2 Å². The molecule has 1 rings (SSSR count). The van der Waals surface area contributed by atoms with Crippen LogP contribution in [0.1, 0.15) is 66.7 Å². The average molecular weight is 397 g/mol. The third-order valence-corrected chi connectivity index (χ3v) is 5.56. The normalized spacial score (nSPS) is 15.5. The summed E-state index contributed by atoms with van der Waals surface area (Å²) in [5.41, 5.74) is 0. The molecular weight excluding hydrogens is 358 g/mol. The molecule has 1 aromatic rings. The molecule has 0 radical (unpaired) electrons. The molecule has 4 heteroatoms. The van der Waals surface area contributed by atoms with Crippen LogP contribution in [0.3, 0.4) is 0 Å². The predicted molar refractivity (Wildman–Crippen MR) is 113 cm³/mol. The van der Waals surface area contributed by atoms with Gasteiger partial charge >= 0.3 is 0 Å². The summed E-state index contributed by atoms with van der Waals surface area (Å²) < 4.78 is 38.9. The van der Waals surface area contributed by atoms with E-state index in [9.17, 15) is 8.78 Å². The highest BCUT2D eigenvalue weighted by atomic mass is 19.2. The molecule has 0 spiro atoms. The first kappa shape index (κ1) is 24.5. The highest BCUT2D eigenvalue weighted by Gasteiger charge is 2.18. The molecule has 0 fully saturated rings. The Morgan fingerprint density at radius 3 is 1.96 bits per heavy atom. The minimum Gasteiger partial charge on any atom is -0.490 e. The van der Waals surface area contributed by atoms with Gasteiger partial charge in [-0.25, -0.2) is 0 Å². The fourth-order valence-electron chi connectivity index (χ4n) is 3.02. The van der Waals surface area contributed by atoms with Crippen LogP contribution >= 0.6 is 0 Å². The smallest absolute Gasteiger partial charge is 0.204 e. The van der Waals surface area contributed by atoms with Crippen molar-refractivity contribution in [3.05, 3.63) is 36.4 Å². The lowest BCUT2D eigenvalue weighted by atomic mass is 9.84. The van der Waals surface area contributed by atoms with Crippen molar-refractivity contribution < 1.29 is 18.3 Å². The van der Waals surface area contributed by atoms with Gasteiger partial charge in [-0.15, -0.1) is 6.58 Å². The zero-order valence-electron chi connectivity index (χ0n) is 18.3. The third kappa shape index (κ3) is 8.20. The van der Waals surface area contributed by atoms with Crippen molar-refractivity contribution in [3.8, 4) is 11.5 Å². The first-order valence-electron chi connectivity index (χ1n) is 10.7. The van der Waals surface area contributed by atoms with E-state index < -0.39 is 11.6 Å². The van der Waals surface area contributed by atoms with Crippen molar-refractivity contribution >= 4 is 0 Å². The van der Waals surface area contributed by atoms with Crippen LogP contribution in [0.5, 0.6) is 11.5 Å². The molecule has 0 aliphatic carbocycles. The zero-order chi connectivity index (χ0) is 21.1. The van der Waals surface area contributed by atoms with Gasteiger partial charge in [-0.2, -0.15) is 8.78 Å². The summed E-state index contributed by atoms with van der Waals surface area (Å²) in [6, 6.07) is 2.88. The molecule has 4 atom stereocenters. The second kappa shape index (κ2) is 12.8. The Morgan fingerprint density at radius 1 is 0.893 bits per heavy atom. The lowest BCUT2D eigenvalue weighted by Gasteiger charge is -2.22. The summed E-state index contributed by atoms with van der Waals surface area (Å²) in [5, 5.41) is 0. The molecule has 0 heterocycles. The molecule has 0 saturated carbocycles. The average Bonchev–Trinajstić information content (AvgIpc) is 2.70. The predicted octanol–water partition coefficient (Wildman–Crippen LogP) is 7.42. The van der Waals surface area contributed by atoms with Crippen LogP contribution in [0.2, 0.25) is 0 Å². The van der Waals surface area contributed by atoms with E-state index in [2.05, 4.69) is 34.3 Å². The van der Waals surface area contributed by atoms with Crippen molar-refractivity contribution in [2.45, 2.75) is 66.7 Å². The fraction of sp³-hybridized carbons (Fsp3) is 0.667. The monoisotopic (exact) mass is 396 g/mol.